The number of fused-ring (bicyclic) bond motifs is 1. The van der Waals surface area contributed by atoms with Gasteiger partial charge in [-0.05, 0) is 16.7 Å². The van der Waals surface area contributed by atoms with Crippen LogP contribution in [-0.2, 0) is 29.2 Å². The average molecular weight is 310 g/mol. The molecular formula is C19H22N2O2. The van der Waals surface area contributed by atoms with E-state index in [1.807, 2.05) is 42.5 Å². The summed E-state index contributed by atoms with van der Waals surface area (Å²) in [7, 11) is 1.64. The maximum absolute atomic E-state index is 12.6. The van der Waals surface area contributed by atoms with Crippen molar-refractivity contribution < 1.29 is 9.53 Å². The Balaban J connectivity index is 1.64. The minimum absolute atomic E-state index is 0.0171. The van der Waals surface area contributed by atoms with Gasteiger partial charge in [0.05, 0.1) is 6.61 Å². The van der Waals surface area contributed by atoms with Crippen molar-refractivity contribution in [1.82, 2.24) is 10.2 Å². The minimum atomic E-state index is -0.267. The lowest BCUT2D eigenvalue weighted by atomic mass is 10.1. The van der Waals surface area contributed by atoms with Gasteiger partial charge >= 0.3 is 0 Å². The van der Waals surface area contributed by atoms with E-state index in [-0.39, 0.29) is 11.9 Å². The molecule has 0 fully saturated rings. The first-order valence-electron chi connectivity index (χ1n) is 7.89. The molecule has 1 amide bonds. The number of benzene rings is 2. The maximum atomic E-state index is 12.6. The van der Waals surface area contributed by atoms with E-state index >= 15 is 0 Å². The Kier molecular flexibility index (Phi) is 5.05. The van der Waals surface area contributed by atoms with E-state index < -0.39 is 0 Å². The molecule has 2 aromatic carbocycles. The number of nitrogens with one attached hydrogen (secondary N) is 1. The Bertz CT molecular complexity index is 632. The molecule has 1 atom stereocenters. The number of hydrogen-bond acceptors (Lipinski definition) is 3. The number of carbonyl (C=O) groups excluding carboxylic acids is 1. The number of hydrogen-bond donors (Lipinski definition) is 1. The SMILES string of the molecule is COC[C@H](C(=O)NCc1ccccc1)N1Cc2ccccc2C1. The number of methoxy groups -OCH3 is 1. The van der Waals surface area contributed by atoms with Crippen molar-refractivity contribution in [3.63, 3.8) is 0 Å². The van der Waals surface area contributed by atoms with Gasteiger partial charge in [-0.2, -0.15) is 0 Å². The normalized spacial score (nSPS) is 15.2. The lowest BCUT2D eigenvalue weighted by Crippen LogP contribution is -2.47. The van der Waals surface area contributed by atoms with Crippen LogP contribution in [0.5, 0.6) is 0 Å². The molecule has 1 N–H and O–H groups in total. The number of ether oxygens (including phenoxy) is 1. The Morgan fingerprint density at radius 1 is 1.09 bits per heavy atom. The van der Waals surface area contributed by atoms with Crippen LogP contribution in [0.3, 0.4) is 0 Å². The third kappa shape index (κ3) is 3.78. The molecule has 0 bridgehead atoms. The molecule has 0 aliphatic carbocycles. The highest BCUT2D eigenvalue weighted by Crippen LogP contribution is 2.24. The zero-order chi connectivity index (χ0) is 16.1. The summed E-state index contributed by atoms with van der Waals surface area (Å²) in [5.41, 5.74) is 3.69. The van der Waals surface area contributed by atoms with Crippen LogP contribution in [0.4, 0.5) is 0 Å². The number of amides is 1. The standard InChI is InChI=1S/C19H22N2O2/c1-23-14-18(19(22)20-11-15-7-3-2-4-8-15)21-12-16-9-5-6-10-17(16)13-21/h2-10,18H,11-14H2,1H3,(H,20,22)/t18-/m1/s1. The molecule has 0 saturated heterocycles. The van der Waals surface area contributed by atoms with E-state index in [0.29, 0.717) is 13.2 Å². The first-order chi connectivity index (χ1) is 11.3. The summed E-state index contributed by atoms with van der Waals surface area (Å²) in [5, 5.41) is 3.03. The summed E-state index contributed by atoms with van der Waals surface area (Å²) in [6, 6.07) is 18.0. The van der Waals surface area contributed by atoms with E-state index in [1.165, 1.54) is 11.1 Å². The van der Waals surface area contributed by atoms with E-state index in [0.717, 1.165) is 18.7 Å². The largest absolute Gasteiger partial charge is 0.383 e. The Hall–Kier alpha value is -2.17. The van der Waals surface area contributed by atoms with Crippen LogP contribution in [0.15, 0.2) is 54.6 Å². The molecule has 1 aliphatic rings. The van der Waals surface area contributed by atoms with Gasteiger partial charge in [-0.15, -0.1) is 0 Å². The third-order valence-electron chi connectivity index (χ3n) is 4.24. The van der Waals surface area contributed by atoms with E-state index in [2.05, 4.69) is 22.3 Å². The van der Waals surface area contributed by atoms with Crippen molar-refractivity contribution in [3.8, 4) is 0 Å². The molecule has 0 aromatic heterocycles. The van der Waals surface area contributed by atoms with Gasteiger partial charge in [0.25, 0.3) is 0 Å². The van der Waals surface area contributed by atoms with E-state index in [1.54, 1.807) is 7.11 Å². The zero-order valence-corrected chi connectivity index (χ0v) is 13.4. The van der Waals surface area contributed by atoms with Crippen LogP contribution in [0.2, 0.25) is 0 Å². The molecule has 4 heteroatoms. The number of rotatable bonds is 6. The molecular weight excluding hydrogens is 288 g/mol. The van der Waals surface area contributed by atoms with Crippen LogP contribution < -0.4 is 5.32 Å². The summed E-state index contributed by atoms with van der Waals surface area (Å²) in [5.74, 6) is 0.0171. The summed E-state index contributed by atoms with van der Waals surface area (Å²) in [6.45, 7) is 2.53. The van der Waals surface area contributed by atoms with Crippen LogP contribution >= 0.6 is 0 Å². The van der Waals surface area contributed by atoms with Gasteiger partial charge in [-0.1, -0.05) is 54.6 Å². The molecule has 120 valence electrons. The van der Waals surface area contributed by atoms with Crippen molar-refractivity contribution in [2.24, 2.45) is 0 Å². The van der Waals surface area contributed by atoms with Gasteiger partial charge < -0.3 is 10.1 Å². The van der Waals surface area contributed by atoms with Crippen molar-refractivity contribution in [3.05, 3.63) is 71.3 Å². The van der Waals surface area contributed by atoms with Crippen molar-refractivity contribution in [2.45, 2.75) is 25.7 Å². The van der Waals surface area contributed by atoms with Crippen molar-refractivity contribution >= 4 is 5.91 Å². The molecule has 2 aromatic rings. The summed E-state index contributed by atoms with van der Waals surface area (Å²) in [6.07, 6.45) is 0. The van der Waals surface area contributed by atoms with Gasteiger partial charge in [0.1, 0.15) is 6.04 Å². The molecule has 0 spiro atoms. The Morgan fingerprint density at radius 2 is 1.70 bits per heavy atom. The molecule has 1 aliphatic heterocycles. The second-order valence-corrected chi connectivity index (χ2v) is 5.85. The van der Waals surface area contributed by atoms with Crippen molar-refractivity contribution in [2.75, 3.05) is 13.7 Å². The average Bonchev–Trinajstić information content (AvgIpc) is 3.02. The highest BCUT2D eigenvalue weighted by molar-refractivity contribution is 5.82. The second kappa shape index (κ2) is 7.40. The lowest BCUT2D eigenvalue weighted by Gasteiger charge is -2.26. The molecule has 0 unspecified atom stereocenters. The molecule has 0 radical (unpaired) electrons. The fourth-order valence-electron chi connectivity index (χ4n) is 2.99. The van der Waals surface area contributed by atoms with E-state index in [9.17, 15) is 4.79 Å². The molecule has 1 heterocycles. The maximum Gasteiger partial charge on any atom is 0.240 e. The van der Waals surface area contributed by atoms with Crippen molar-refractivity contribution in [1.29, 1.82) is 0 Å². The number of carbonyl (C=O) groups is 1. The van der Waals surface area contributed by atoms with Gasteiger partial charge in [0.15, 0.2) is 0 Å². The number of nitrogens with zero attached hydrogens (tertiary/aromatic N) is 1. The zero-order valence-electron chi connectivity index (χ0n) is 13.4. The van der Waals surface area contributed by atoms with Crippen LogP contribution in [0.1, 0.15) is 16.7 Å². The van der Waals surface area contributed by atoms with Gasteiger partial charge in [-0.25, -0.2) is 0 Å². The van der Waals surface area contributed by atoms with Gasteiger partial charge in [-0.3, -0.25) is 9.69 Å². The first kappa shape index (κ1) is 15.7. The van der Waals surface area contributed by atoms with Crippen LogP contribution in [0.25, 0.3) is 0 Å². The quantitative estimate of drug-likeness (QED) is 0.890. The first-order valence-corrected chi connectivity index (χ1v) is 7.89. The van der Waals surface area contributed by atoms with Gasteiger partial charge in [0.2, 0.25) is 5.91 Å². The summed E-state index contributed by atoms with van der Waals surface area (Å²) >= 11 is 0. The minimum Gasteiger partial charge on any atom is -0.383 e. The molecule has 4 nitrogen and oxygen atoms in total. The fraction of sp³-hybridized carbons (Fsp3) is 0.316. The third-order valence-corrected chi connectivity index (χ3v) is 4.24. The highest BCUT2D eigenvalue weighted by Gasteiger charge is 2.30. The predicted molar refractivity (Wildman–Crippen MR) is 89.6 cm³/mol. The topological polar surface area (TPSA) is 41.6 Å². The molecule has 0 saturated carbocycles. The highest BCUT2D eigenvalue weighted by atomic mass is 16.5. The summed E-state index contributed by atoms with van der Waals surface area (Å²) in [4.78, 5) is 14.8. The van der Waals surface area contributed by atoms with Gasteiger partial charge in [0, 0.05) is 26.7 Å². The lowest BCUT2D eigenvalue weighted by molar-refractivity contribution is -0.128. The Morgan fingerprint density at radius 3 is 2.30 bits per heavy atom. The molecule has 3 rings (SSSR count). The molecule has 23 heavy (non-hydrogen) atoms. The van der Waals surface area contributed by atoms with Crippen LogP contribution in [0, 0.1) is 0 Å². The predicted octanol–water partition coefficient (Wildman–Crippen LogP) is 2.33. The smallest absolute Gasteiger partial charge is 0.240 e. The Labute approximate surface area is 137 Å². The fourth-order valence-corrected chi connectivity index (χ4v) is 2.99. The van der Waals surface area contributed by atoms with E-state index in [4.69, 9.17) is 4.74 Å². The monoisotopic (exact) mass is 310 g/mol. The second-order valence-electron chi connectivity index (χ2n) is 5.85. The summed E-state index contributed by atoms with van der Waals surface area (Å²) < 4.78 is 5.29. The van der Waals surface area contributed by atoms with Crippen LogP contribution in [-0.4, -0.2) is 30.6 Å².